The largest absolute Gasteiger partial charge is 0.337 e. The monoisotopic (exact) mass is 271 g/mol. The van der Waals surface area contributed by atoms with Crippen LogP contribution < -0.4 is 0 Å². The van der Waals surface area contributed by atoms with Crippen LogP contribution in [0, 0.1) is 6.92 Å². The van der Waals surface area contributed by atoms with Gasteiger partial charge in [-0.05, 0) is 13.0 Å². The van der Waals surface area contributed by atoms with Crippen LogP contribution in [0.2, 0.25) is 0 Å². The van der Waals surface area contributed by atoms with Crippen LogP contribution in [-0.4, -0.2) is 27.5 Å². The quantitative estimate of drug-likeness (QED) is 0.784. The fourth-order valence-electron chi connectivity index (χ4n) is 1.84. The molecule has 104 valence electrons. The van der Waals surface area contributed by atoms with Crippen molar-refractivity contribution >= 4 is 5.91 Å². The van der Waals surface area contributed by atoms with E-state index in [4.69, 9.17) is 4.52 Å². The van der Waals surface area contributed by atoms with E-state index in [1.54, 1.807) is 11.0 Å². The number of rotatable bonds is 5. The molecule has 0 aliphatic heterocycles. The lowest BCUT2D eigenvalue weighted by Gasteiger charge is -2.16. The highest BCUT2D eigenvalue weighted by atomic mass is 16.5. The Morgan fingerprint density at radius 1 is 1.50 bits per heavy atom. The normalized spacial score (nSPS) is 10.3. The van der Waals surface area contributed by atoms with Gasteiger partial charge >= 0.3 is 0 Å². The molecule has 1 amide bonds. The number of hydrogen-bond donors (Lipinski definition) is 0. The molecule has 0 saturated carbocycles. The first kappa shape index (κ1) is 14.0. The molecule has 0 fully saturated rings. The molecule has 0 saturated heterocycles. The third-order valence-electron chi connectivity index (χ3n) is 2.87. The molecule has 0 radical (unpaired) electrons. The van der Waals surface area contributed by atoms with Crippen LogP contribution in [0.25, 0.3) is 11.4 Å². The summed E-state index contributed by atoms with van der Waals surface area (Å²) in [6.45, 7) is 7.88. The Labute approximate surface area is 117 Å². The van der Waals surface area contributed by atoms with Crippen molar-refractivity contribution in [1.29, 1.82) is 0 Å². The van der Waals surface area contributed by atoms with Crippen molar-refractivity contribution in [2.24, 2.45) is 0 Å². The second-order valence-electron chi connectivity index (χ2n) is 4.57. The molecule has 5 nitrogen and oxygen atoms in total. The van der Waals surface area contributed by atoms with Crippen LogP contribution in [0.1, 0.15) is 18.4 Å². The highest BCUT2D eigenvalue weighted by molar-refractivity contribution is 5.73. The minimum Gasteiger partial charge on any atom is -0.337 e. The Morgan fingerprint density at radius 3 is 2.95 bits per heavy atom. The van der Waals surface area contributed by atoms with Gasteiger partial charge in [0.2, 0.25) is 17.6 Å². The number of aromatic nitrogens is 2. The van der Waals surface area contributed by atoms with E-state index < -0.39 is 0 Å². The second kappa shape index (κ2) is 6.14. The number of amides is 1. The zero-order chi connectivity index (χ0) is 14.5. The highest BCUT2D eigenvalue weighted by Gasteiger charge is 2.14. The summed E-state index contributed by atoms with van der Waals surface area (Å²) in [4.78, 5) is 17.4. The summed E-state index contributed by atoms with van der Waals surface area (Å²) in [7, 11) is 0. The number of benzene rings is 1. The van der Waals surface area contributed by atoms with Gasteiger partial charge in [-0.2, -0.15) is 4.98 Å². The number of nitrogens with zero attached hydrogens (tertiary/aromatic N) is 3. The Balaban J connectivity index is 2.16. The van der Waals surface area contributed by atoms with Crippen LogP contribution in [0.15, 0.2) is 41.4 Å². The van der Waals surface area contributed by atoms with E-state index in [2.05, 4.69) is 16.7 Å². The van der Waals surface area contributed by atoms with Crippen molar-refractivity contribution < 1.29 is 9.32 Å². The molecular formula is C15H17N3O2. The van der Waals surface area contributed by atoms with E-state index in [9.17, 15) is 4.79 Å². The fraction of sp³-hybridized carbons (Fsp3) is 0.267. The molecule has 2 aromatic rings. The zero-order valence-electron chi connectivity index (χ0n) is 11.7. The summed E-state index contributed by atoms with van der Waals surface area (Å²) in [6.07, 6.45) is 1.67. The third kappa shape index (κ3) is 3.32. The van der Waals surface area contributed by atoms with Gasteiger partial charge in [-0.15, -0.1) is 6.58 Å². The Bertz CT molecular complexity index is 619. The maximum atomic E-state index is 11.4. The second-order valence-corrected chi connectivity index (χ2v) is 4.57. The predicted octanol–water partition coefficient (Wildman–Crippen LogP) is 2.58. The lowest BCUT2D eigenvalue weighted by molar-refractivity contribution is -0.129. The van der Waals surface area contributed by atoms with Gasteiger partial charge in [-0.25, -0.2) is 0 Å². The third-order valence-corrected chi connectivity index (χ3v) is 2.87. The predicted molar refractivity (Wildman–Crippen MR) is 75.8 cm³/mol. The molecule has 1 heterocycles. The van der Waals surface area contributed by atoms with Crippen molar-refractivity contribution in [1.82, 2.24) is 15.0 Å². The van der Waals surface area contributed by atoms with E-state index in [1.807, 2.05) is 31.2 Å². The summed E-state index contributed by atoms with van der Waals surface area (Å²) in [5.41, 5.74) is 2.03. The van der Waals surface area contributed by atoms with Gasteiger partial charge < -0.3 is 9.42 Å². The molecule has 0 aliphatic carbocycles. The Hall–Kier alpha value is -2.43. The molecule has 1 aromatic heterocycles. The number of hydrogen-bond acceptors (Lipinski definition) is 4. The number of aryl methyl sites for hydroxylation is 1. The van der Waals surface area contributed by atoms with Crippen molar-refractivity contribution in [3.8, 4) is 11.4 Å². The summed E-state index contributed by atoms with van der Waals surface area (Å²) in [5, 5.41) is 3.95. The fourth-order valence-corrected chi connectivity index (χ4v) is 1.84. The zero-order valence-corrected chi connectivity index (χ0v) is 11.7. The SMILES string of the molecule is C=CCN(Cc1nc(-c2cccc(C)c2)no1)C(C)=O. The maximum Gasteiger partial charge on any atom is 0.246 e. The maximum absolute atomic E-state index is 11.4. The van der Waals surface area contributed by atoms with E-state index in [-0.39, 0.29) is 5.91 Å². The van der Waals surface area contributed by atoms with Crippen molar-refractivity contribution in [2.45, 2.75) is 20.4 Å². The Morgan fingerprint density at radius 2 is 2.30 bits per heavy atom. The smallest absolute Gasteiger partial charge is 0.246 e. The molecular weight excluding hydrogens is 254 g/mol. The van der Waals surface area contributed by atoms with Crippen LogP contribution in [-0.2, 0) is 11.3 Å². The summed E-state index contributed by atoms with van der Waals surface area (Å²) in [5.74, 6) is 0.893. The Kier molecular flexibility index (Phi) is 4.30. The molecule has 2 rings (SSSR count). The molecule has 1 aromatic carbocycles. The van der Waals surface area contributed by atoms with Crippen molar-refractivity contribution in [3.05, 3.63) is 48.4 Å². The standard InChI is InChI=1S/C15H17N3O2/c1-4-8-18(12(3)19)10-14-16-15(17-20-14)13-7-5-6-11(2)9-13/h4-7,9H,1,8,10H2,2-3H3. The van der Waals surface area contributed by atoms with Crippen molar-refractivity contribution in [2.75, 3.05) is 6.54 Å². The van der Waals surface area contributed by atoms with Gasteiger partial charge in [0.25, 0.3) is 0 Å². The molecule has 0 atom stereocenters. The average Bonchev–Trinajstić information content (AvgIpc) is 2.87. The minimum atomic E-state index is -0.0554. The van der Waals surface area contributed by atoms with E-state index in [0.717, 1.165) is 11.1 Å². The summed E-state index contributed by atoms with van der Waals surface area (Å²) in [6, 6.07) is 7.86. The van der Waals surface area contributed by atoms with Gasteiger partial charge in [0.1, 0.15) is 6.54 Å². The molecule has 0 spiro atoms. The molecule has 0 unspecified atom stereocenters. The van der Waals surface area contributed by atoms with Crippen LogP contribution in [0.4, 0.5) is 0 Å². The van der Waals surface area contributed by atoms with E-state index in [0.29, 0.717) is 24.8 Å². The first-order valence-electron chi connectivity index (χ1n) is 6.36. The molecule has 5 heteroatoms. The molecule has 0 aliphatic rings. The lowest BCUT2D eigenvalue weighted by Crippen LogP contribution is -2.28. The molecule has 0 bridgehead atoms. The first-order valence-corrected chi connectivity index (χ1v) is 6.36. The topological polar surface area (TPSA) is 59.2 Å². The van der Waals surface area contributed by atoms with Crippen LogP contribution in [0.3, 0.4) is 0 Å². The lowest BCUT2D eigenvalue weighted by atomic mass is 10.1. The average molecular weight is 271 g/mol. The van der Waals surface area contributed by atoms with Gasteiger partial charge in [0, 0.05) is 19.0 Å². The summed E-state index contributed by atoms with van der Waals surface area (Å²) < 4.78 is 5.20. The van der Waals surface area contributed by atoms with Crippen LogP contribution in [0.5, 0.6) is 0 Å². The highest BCUT2D eigenvalue weighted by Crippen LogP contribution is 2.17. The number of carbonyl (C=O) groups excluding carboxylic acids is 1. The van der Waals surface area contributed by atoms with Crippen molar-refractivity contribution in [3.63, 3.8) is 0 Å². The van der Waals surface area contributed by atoms with Gasteiger partial charge in [-0.3, -0.25) is 4.79 Å². The molecule has 20 heavy (non-hydrogen) atoms. The minimum absolute atomic E-state index is 0.0554. The first-order chi connectivity index (χ1) is 9.60. The van der Waals surface area contributed by atoms with Gasteiger partial charge in [0.15, 0.2) is 0 Å². The van der Waals surface area contributed by atoms with Crippen LogP contribution >= 0.6 is 0 Å². The molecule has 0 N–H and O–H groups in total. The number of carbonyl (C=O) groups is 1. The van der Waals surface area contributed by atoms with Gasteiger partial charge in [-0.1, -0.05) is 35.0 Å². The van der Waals surface area contributed by atoms with E-state index >= 15 is 0 Å². The van der Waals surface area contributed by atoms with Gasteiger partial charge in [0.05, 0.1) is 0 Å². The van der Waals surface area contributed by atoms with E-state index in [1.165, 1.54) is 6.92 Å². The summed E-state index contributed by atoms with van der Waals surface area (Å²) >= 11 is 0.